The average molecular weight is 585 g/mol. The first-order valence-electron chi connectivity index (χ1n) is 13.0. The van der Waals surface area contributed by atoms with Crippen molar-refractivity contribution in [3.05, 3.63) is 65.6 Å². The van der Waals surface area contributed by atoms with Crippen LogP contribution in [0.1, 0.15) is 49.3 Å². The largest absolute Gasteiger partial charge is 0.417 e. The number of pyridine rings is 1. The van der Waals surface area contributed by atoms with E-state index >= 15 is 0 Å². The number of fused-ring (bicyclic) bond motifs is 1. The van der Waals surface area contributed by atoms with Crippen LogP contribution in [0.5, 0.6) is 0 Å². The standard InChI is InChI=1S/C28H27F3N6O3S/c1-16-3-9-22(10-4-16)41(39,40)37-15-24(23-11-20(28(29,30)31)14-33-26(23)37)25-19(12-32)13-34-27(36-25)35-17(2)18-5-7-21(38)8-6-18/h3-4,9-11,13-15,17-18,21,38H,5-8H2,1-2H3,(H,34,35,36)/t17-,18?,21?/m1/s1. The summed E-state index contributed by atoms with van der Waals surface area (Å²) in [6, 6.07) is 8.70. The van der Waals surface area contributed by atoms with Crippen LogP contribution in [-0.2, 0) is 16.2 Å². The topological polar surface area (TPSA) is 134 Å². The molecule has 13 heteroatoms. The summed E-state index contributed by atoms with van der Waals surface area (Å²) in [6.07, 6.45) is 0.874. The van der Waals surface area contributed by atoms with E-state index in [9.17, 15) is 32.0 Å². The maximum Gasteiger partial charge on any atom is 0.417 e. The molecule has 1 fully saturated rings. The Bertz CT molecular complexity index is 1740. The summed E-state index contributed by atoms with van der Waals surface area (Å²) in [7, 11) is -4.28. The summed E-state index contributed by atoms with van der Waals surface area (Å²) in [5, 5.41) is 22.7. The normalized spacial score (nSPS) is 18.7. The van der Waals surface area contributed by atoms with Crippen molar-refractivity contribution >= 4 is 27.0 Å². The average Bonchev–Trinajstić information content (AvgIpc) is 3.33. The molecule has 41 heavy (non-hydrogen) atoms. The van der Waals surface area contributed by atoms with Crippen LogP contribution in [-0.4, -0.2) is 44.6 Å². The molecule has 214 valence electrons. The fraction of sp³-hybridized carbons (Fsp3) is 0.357. The van der Waals surface area contributed by atoms with E-state index < -0.39 is 21.8 Å². The van der Waals surface area contributed by atoms with Crippen molar-refractivity contribution in [1.29, 1.82) is 5.26 Å². The lowest BCUT2D eigenvalue weighted by Crippen LogP contribution is -2.31. The van der Waals surface area contributed by atoms with E-state index in [-0.39, 0.29) is 56.8 Å². The summed E-state index contributed by atoms with van der Waals surface area (Å²) < 4.78 is 69.1. The van der Waals surface area contributed by atoms with E-state index in [0.717, 1.165) is 34.6 Å². The molecule has 1 saturated carbocycles. The number of aromatic nitrogens is 4. The smallest absolute Gasteiger partial charge is 0.393 e. The van der Waals surface area contributed by atoms with Gasteiger partial charge in [0.05, 0.1) is 34.0 Å². The molecule has 9 nitrogen and oxygen atoms in total. The number of halogens is 3. The number of alkyl halides is 3. The fourth-order valence-corrected chi connectivity index (χ4v) is 6.42. The molecule has 3 aromatic heterocycles. The SMILES string of the molecule is Cc1ccc(S(=O)(=O)n2cc(-c3nc(N[C@H](C)C4CCC(O)CC4)ncc3C#N)c3cc(C(F)(F)F)cnc32)cc1. The Hall–Kier alpha value is -4.02. The number of aliphatic hydroxyl groups is 1. The summed E-state index contributed by atoms with van der Waals surface area (Å²) in [4.78, 5) is 12.5. The molecule has 2 N–H and O–H groups in total. The van der Waals surface area contributed by atoms with Gasteiger partial charge in [0, 0.05) is 29.4 Å². The quantitative estimate of drug-likeness (QED) is 0.313. The number of aliphatic hydroxyl groups excluding tert-OH is 1. The van der Waals surface area contributed by atoms with Gasteiger partial charge in [0.25, 0.3) is 10.0 Å². The minimum atomic E-state index is -4.74. The maximum atomic E-state index is 13.7. The van der Waals surface area contributed by atoms with Gasteiger partial charge in [0.2, 0.25) is 5.95 Å². The minimum Gasteiger partial charge on any atom is -0.393 e. The van der Waals surface area contributed by atoms with Gasteiger partial charge in [-0.3, -0.25) is 0 Å². The van der Waals surface area contributed by atoms with Gasteiger partial charge in [0.1, 0.15) is 6.07 Å². The van der Waals surface area contributed by atoms with E-state index in [4.69, 9.17) is 0 Å². The Morgan fingerprint density at radius 1 is 1.12 bits per heavy atom. The summed E-state index contributed by atoms with van der Waals surface area (Å²) in [5.41, 5.74) is -0.568. The molecular weight excluding hydrogens is 557 g/mol. The molecule has 4 aromatic rings. The maximum absolute atomic E-state index is 13.7. The van der Waals surface area contributed by atoms with Gasteiger partial charge in [-0.05, 0) is 63.6 Å². The lowest BCUT2D eigenvalue weighted by atomic mass is 9.83. The highest BCUT2D eigenvalue weighted by atomic mass is 32.2. The number of hydrogen-bond acceptors (Lipinski definition) is 8. The van der Waals surface area contributed by atoms with Gasteiger partial charge < -0.3 is 10.4 Å². The molecule has 0 bridgehead atoms. The molecule has 0 radical (unpaired) electrons. The van der Waals surface area contributed by atoms with Gasteiger partial charge >= 0.3 is 6.18 Å². The van der Waals surface area contributed by atoms with Crippen LogP contribution in [0, 0.1) is 24.2 Å². The Labute approximate surface area is 234 Å². The molecule has 0 spiro atoms. The van der Waals surface area contributed by atoms with Crippen molar-refractivity contribution in [3.8, 4) is 17.3 Å². The third-order valence-electron chi connectivity index (χ3n) is 7.49. The highest BCUT2D eigenvalue weighted by Gasteiger charge is 2.33. The van der Waals surface area contributed by atoms with E-state index in [1.807, 2.05) is 13.0 Å². The number of aryl methyl sites for hydroxylation is 1. The highest BCUT2D eigenvalue weighted by Crippen LogP contribution is 2.37. The summed E-state index contributed by atoms with van der Waals surface area (Å²) >= 11 is 0. The zero-order valence-corrected chi connectivity index (χ0v) is 23.0. The van der Waals surface area contributed by atoms with Gasteiger partial charge in [-0.15, -0.1) is 0 Å². The lowest BCUT2D eigenvalue weighted by molar-refractivity contribution is -0.137. The summed E-state index contributed by atoms with van der Waals surface area (Å²) in [6.45, 7) is 3.74. The van der Waals surface area contributed by atoms with E-state index in [1.165, 1.54) is 18.3 Å². The van der Waals surface area contributed by atoms with Crippen LogP contribution < -0.4 is 5.32 Å². The first-order chi connectivity index (χ1) is 19.4. The Morgan fingerprint density at radius 2 is 1.80 bits per heavy atom. The molecule has 3 heterocycles. The zero-order valence-electron chi connectivity index (χ0n) is 22.2. The van der Waals surface area contributed by atoms with Crippen molar-refractivity contribution in [1.82, 2.24) is 18.9 Å². The zero-order chi connectivity index (χ0) is 29.5. The van der Waals surface area contributed by atoms with Crippen molar-refractivity contribution < 1.29 is 26.7 Å². The Kier molecular flexibility index (Phi) is 7.48. The third kappa shape index (κ3) is 5.62. The number of hydrogen-bond donors (Lipinski definition) is 2. The predicted molar refractivity (Wildman–Crippen MR) is 145 cm³/mol. The van der Waals surface area contributed by atoms with Gasteiger partial charge in [0.15, 0.2) is 5.65 Å². The van der Waals surface area contributed by atoms with Crippen molar-refractivity contribution in [2.75, 3.05) is 5.32 Å². The number of nitrogens with one attached hydrogen (secondary N) is 1. The van der Waals surface area contributed by atoms with Crippen LogP contribution in [0.4, 0.5) is 19.1 Å². The van der Waals surface area contributed by atoms with Gasteiger partial charge in [-0.25, -0.2) is 27.3 Å². The molecule has 0 amide bonds. The monoisotopic (exact) mass is 584 g/mol. The molecule has 0 unspecified atom stereocenters. The van der Waals surface area contributed by atoms with Crippen LogP contribution in [0.2, 0.25) is 0 Å². The Morgan fingerprint density at radius 3 is 2.44 bits per heavy atom. The van der Waals surface area contributed by atoms with Crippen molar-refractivity contribution in [2.24, 2.45) is 5.92 Å². The first-order valence-corrected chi connectivity index (χ1v) is 14.4. The molecule has 1 atom stereocenters. The molecule has 0 saturated heterocycles. The van der Waals surface area contributed by atoms with Crippen LogP contribution in [0.15, 0.2) is 53.8 Å². The molecule has 0 aliphatic heterocycles. The second-order valence-electron chi connectivity index (χ2n) is 10.3. The van der Waals surface area contributed by atoms with Crippen molar-refractivity contribution in [3.63, 3.8) is 0 Å². The molecular formula is C28H27F3N6O3S. The number of nitrogens with zero attached hydrogens (tertiary/aromatic N) is 5. The Balaban J connectivity index is 1.65. The molecule has 5 rings (SSSR count). The minimum absolute atomic E-state index is 0.00951. The third-order valence-corrected chi connectivity index (χ3v) is 9.15. The number of benzene rings is 1. The number of rotatable bonds is 6. The second kappa shape index (κ2) is 10.8. The van der Waals surface area contributed by atoms with Crippen molar-refractivity contribution in [2.45, 2.75) is 62.7 Å². The fourth-order valence-electron chi connectivity index (χ4n) is 5.09. The summed E-state index contributed by atoms with van der Waals surface area (Å²) in [5.74, 6) is 0.376. The highest BCUT2D eigenvalue weighted by molar-refractivity contribution is 7.90. The molecule has 1 aliphatic rings. The lowest BCUT2D eigenvalue weighted by Gasteiger charge is -2.30. The molecule has 1 aliphatic carbocycles. The van der Waals surface area contributed by atoms with Crippen LogP contribution >= 0.6 is 0 Å². The van der Waals surface area contributed by atoms with Crippen LogP contribution in [0.25, 0.3) is 22.3 Å². The second-order valence-corrected chi connectivity index (χ2v) is 12.1. The number of anilines is 1. The molecule has 1 aromatic carbocycles. The van der Waals surface area contributed by atoms with Gasteiger partial charge in [-0.2, -0.15) is 18.4 Å². The predicted octanol–water partition coefficient (Wildman–Crippen LogP) is 5.28. The van der Waals surface area contributed by atoms with E-state index in [1.54, 1.807) is 19.1 Å². The van der Waals surface area contributed by atoms with E-state index in [0.29, 0.717) is 19.0 Å². The van der Waals surface area contributed by atoms with Crippen LogP contribution in [0.3, 0.4) is 0 Å². The van der Waals surface area contributed by atoms with Gasteiger partial charge in [-0.1, -0.05) is 17.7 Å². The first kappa shape index (κ1) is 28.5. The number of nitriles is 1. The van der Waals surface area contributed by atoms with E-state index in [2.05, 4.69) is 20.3 Å².